The highest BCUT2D eigenvalue weighted by Gasteiger charge is 2.30. The second-order valence-corrected chi connectivity index (χ2v) is 4.81. The van der Waals surface area contributed by atoms with E-state index in [1.165, 1.54) is 18.7 Å². The Morgan fingerprint density at radius 1 is 1.21 bits per heavy atom. The molecular formula is C13H17N3O3. The summed E-state index contributed by atoms with van der Waals surface area (Å²) in [7, 11) is 0. The first kappa shape index (κ1) is 13.5. The first-order valence-electron chi connectivity index (χ1n) is 6.47. The Kier molecular flexibility index (Phi) is 4.43. The summed E-state index contributed by atoms with van der Waals surface area (Å²) in [5.74, 6) is -1.39. The van der Waals surface area contributed by atoms with E-state index >= 15 is 0 Å². The third kappa shape index (κ3) is 3.49. The average Bonchev–Trinajstić information content (AvgIpc) is 2.46. The summed E-state index contributed by atoms with van der Waals surface area (Å²) in [6.45, 7) is 0. The van der Waals surface area contributed by atoms with Crippen LogP contribution in [0.5, 0.6) is 0 Å². The molecule has 1 aromatic rings. The second kappa shape index (κ2) is 6.26. The van der Waals surface area contributed by atoms with E-state index in [0.29, 0.717) is 0 Å². The van der Waals surface area contributed by atoms with Crippen molar-refractivity contribution in [1.29, 1.82) is 0 Å². The van der Waals surface area contributed by atoms with E-state index in [9.17, 15) is 14.7 Å². The van der Waals surface area contributed by atoms with Crippen LogP contribution in [0.15, 0.2) is 18.7 Å². The van der Waals surface area contributed by atoms with E-state index < -0.39 is 17.9 Å². The molecule has 0 aromatic carbocycles. The van der Waals surface area contributed by atoms with E-state index in [2.05, 4.69) is 15.3 Å². The molecule has 6 heteroatoms. The molecule has 0 aliphatic heterocycles. The zero-order valence-corrected chi connectivity index (χ0v) is 10.6. The van der Waals surface area contributed by atoms with Crippen LogP contribution in [0, 0.1) is 5.92 Å². The summed E-state index contributed by atoms with van der Waals surface area (Å²) in [5, 5.41) is 11.9. The van der Waals surface area contributed by atoms with Crippen molar-refractivity contribution in [2.24, 2.45) is 5.92 Å². The first-order valence-corrected chi connectivity index (χ1v) is 6.47. The highest BCUT2D eigenvalue weighted by atomic mass is 16.4. The van der Waals surface area contributed by atoms with Crippen molar-refractivity contribution in [2.45, 2.75) is 38.1 Å². The summed E-state index contributed by atoms with van der Waals surface area (Å²) < 4.78 is 0. The third-order valence-corrected chi connectivity index (χ3v) is 3.50. The van der Waals surface area contributed by atoms with Crippen LogP contribution in [0.1, 0.15) is 42.5 Å². The SMILES string of the molecule is O=C(NC(C(=O)O)C1CCCCC1)c1cncnc1. The molecule has 0 spiro atoms. The van der Waals surface area contributed by atoms with Crippen molar-refractivity contribution in [3.8, 4) is 0 Å². The molecule has 2 N–H and O–H groups in total. The summed E-state index contributed by atoms with van der Waals surface area (Å²) in [4.78, 5) is 30.8. The van der Waals surface area contributed by atoms with Crippen molar-refractivity contribution in [3.63, 3.8) is 0 Å². The van der Waals surface area contributed by atoms with Gasteiger partial charge in [0.1, 0.15) is 12.4 Å². The molecule has 0 bridgehead atoms. The molecule has 1 heterocycles. The van der Waals surface area contributed by atoms with E-state index in [-0.39, 0.29) is 11.5 Å². The maximum Gasteiger partial charge on any atom is 0.326 e. The van der Waals surface area contributed by atoms with Gasteiger partial charge in [0.15, 0.2) is 0 Å². The molecule has 19 heavy (non-hydrogen) atoms. The highest BCUT2D eigenvalue weighted by Crippen LogP contribution is 2.26. The fourth-order valence-electron chi connectivity index (χ4n) is 2.49. The number of hydrogen-bond acceptors (Lipinski definition) is 4. The standard InChI is InChI=1S/C13H17N3O3/c17-12(10-6-14-8-15-7-10)16-11(13(18)19)9-4-2-1-3-5-9/h6-9,11H,1-5H2,(H,16,17)(H,18,19). The Morgan fingerprint density at radius 3 is 2.42 bits per heavy atom. The van der Waals surface area contributed by atoms with Crippen molar-refractivity contribution < 1.29 is 14.7 Å². The minimum atomic E-state index is -0.975. The summed E-state index contributed by atoms with van der Waals surface area (Å²) >= 11 is 0. The van der Waals surface area contributed by atoms with Gasteiger partial charge in [-0.3, -0.25) is 4.79 Å². The van der Waals surface area contributed by atoms with E-state index in [1.807, 2.05) is 0 Å². The maximum atomic E-state index is 11.9. The van der Waals surface area contributed by atoms with Crippen LogP contribution < -0.4 is 5.32 Å². The van der Waals surface area contributed by atoms with Gasteiger partial charge in [-0.1, -0.05) is 19.3 Å². The number of hydrogen-bond donors (Lipinski definition) is 2. The fourth-order valence-corrected chi connectivity index (χ4v) is 2.49. The number of aromatic nitrogens is 2. The largest absolute Gasteiger partial charge is 0.480 e. The van der Waals surface area contributed by atoms with Crippen LogP contribution in [-0.2, 0) is 4.79 Å². The predicted molar refractivity (Wildman–Crippen MR) is 67.5 cm³/mol. The molecule has 1 amide bonds. The minimum Gasteiger partial charge on any atom is -0.480 e. The molecule has 1 fully saturated rings. The van der Waals surface area contributed by atoms with Crippen LogP contribution >= 0.6 is 0 Å². The van der Waals surface area contributed by atoms with Gasteiger partial charge in [0.2, 0.25) is 0 Å². The number of rotatable bonds is 4. The lowest BCUT2D eigenvalue weighted by molar-refractivity contribution is -0.141. The Bertz CT molecular complexity index is 444. The third-order valence-electron chi connectivity index (χ3n) is 3.50. The zero-order valence-electron chi connectivity index (χ0n) is 10.6. The fraction of sp³-hybridized carbons (Fsp3) is 0.538. The number of nitrogens with one attached hydrogen (secondary N) is 1. The quantitative estimate of drug-likeness (QED) is 0.852. The predicted octanol–water partition coefficient (Wildman–Crippen LogP) is 1.24. The average molecular weight is 263 g/mol. The van der Waals surface area contributed by atoms with Crippen LogP contribution in [-0.4, -0.2) is 33.0 Å². The summed E-state index contributed by atoms with van der Waals surface area (Å²) in [6.07, 6.45) is 8.97. The summed E-state index contributed by atoms with van der Waals surface area (Å²) in [5.41, 5.74) is 0.282. The van der Waals surface area contributed by atoms with Gasteiger partial charge >= 0.3 is 5.97 Å². The van der Waals surface area contributed by atoms with Crippen molar-refractivity contribution in [1.82, 2.24) is 15.3 Å². The highest BCUT2D eigenvalue weighted by molar-refractivity contribution is 5.96. The number of carbonyl (C=O) groups excluding carboxylic acids is 1. The molecule has 0 radical (unpaired) electrons. The van der Waals surface area contributed by atoms with Gasteiger partial charge in [0.25, 0.3) is 5.91 Å². The molecule has 1 aliphatic carbocycles. The van der Waals surface area contributed by atoms with Crippen molar-refractivity contribution in [3.05, 3.63) is 24.3 Å². The van der Waals surface area contributed by atoms with Gasteiger partial charge in [0.05, 0.1) is 5.56 Å². The Balaban J connectivity index is 2.04. The lowest BCUT2D eigenvalue weighted by Crippen LogP contribution is -2.46. The lowest BCUT2D eigenvalue weighted by Gasteiger charge is -2.27. The minimum absolute atomic E-state index is 0.0137. The molecule has 102 valence electrons. The molecule has 2 rings (SSSR count). The molecule has 1 atom stereocenters. The van der Waals surface area contributed by atoms with Gasteiger partial charge in [-0.2, -0.15) is 0 Å². The monoisotopic (exact) mass is 263 g/mol. The lowest BCUT2D eigenvalue weighted by atomic mass is 9.84. The van der Waals surface area contributed by atoms with E-state index in [0.717, 1.165) is 32.1 Å². The topological polar surface area (TPSA) is 92.2 Å². The van der Waals surface area contributed by atoms with Crippen LogP contribution in [0.25, 0.3) is 0 Å². The van der Waals surface area contributed by atoms with Gasteiger partial charge in [-0.25, -0.2) is 14.8 Å². The molecule has 6 nitrogen and oxygen atoms in total. The number of amides is 1. The van der Waals surface area contributed by atoms with Gasteiger partial charge in [-0.05, 0) is 18.8 Å². The number of carboxylic acid groups (broad SMARTS) is 1. The van der Waals surface area contributed by atoms with Crippen molar-refractivity contribution >= 4 is 11.9 Å². The molecule has 1 aliphatic rings. The Morgan fingerprint density at radius 2 is 1.84 bits per heavy atom. The van der Waals surface area contributed by atoms with E-state index in [4.69, 9.17) is 0 Å². The van der Waals surface area contributed by atoms with Crippen LogP contribution in [0.2, 0.25) is 0 Å². The number of carboxylic acids is 1. The van der Waals surface area contributed by atoms with Gasteiger partial charge in [-0.15, -0.1) is 0 Å². The molecule has 1 aromatic heterocycles. The number of aliphatic carboxylic acids is 1. The molecule has 1 unspecified atom stereocenters. The number of carbonyl (C=O) groups is 2. The molecular weight excluding hydrogens is 246 g/mol. The molecule has 0 saturated heterocycles. The van der Waals surface area contributed by atoms with Gasteiger partial charge in [0, 0.05) is 12.4 Å². The Hall–Kier alpha value is -1.98. The first-order chi connectivity index (χ1) is 9.18. The summed E-state index contributed by atoms with van der Waals surface area (Å²) in [6, 6.07) is -0.826. The van der Waals surface area contributed by atoms with E-state index in [1.54, 1.807) is 0 Å². The normalized spacial score (nSPS) is 17.7. The van der Waals surface area contributed by atoms with Gasteiger partial charge < -0.3 is 10.4 Å². The second-order valence-electron chi connectivity index (χ2n) is 4.81. The smallest absolute Gasteiger partial charge is 0.326 e. The van der Waals surface area contributed by atoms with Crippen LogP contribution in [0.3, 0.4) is 0 Å². The zero-order chi connectivity index (χ0) is 13.7. The Labute approximate surface area is 111 Å². The molecule has 1 saturated carbocycles. The van der Waals surface area contributed by atoms with Crippen LogP contribution in [0.4, 0.5) is 0 Å². The maximum absolute atomic E-state index is 11.9. The van der Waals surface area contributed by atoms with Crippen molar-refractivity contribution in [2.75, 3.05) is 0 Å². The number of nitrogens with zero attached hydrogens (tertiary/aromatic N) is 2.